The molecule has 0 bridgehead atoms. The van der Waals surface area contributed by atoms with Gasteiger partial charge in [-0.05, 0) is 53.2 Å². The predicted octanol–water partition coefficient (Wildman–Crippen LogP) is 4.45. The first kappa shape index (κ1) is 13.8. The number of hydrogen-bond acceptors (Lipinski definition) is 3. The molecule has 2 heterocycles. The third kappa shape index (κ3) is 2.45. The lowest BCUT2D eigenvalue weighted by molar-refractivity contribution is -0.138. The van der Waals surface area contributed by atoms with Crippen LogP contribution in [-0.2, 0) is 4.79 Å². The number of halogens is 1. The molecular formula is C16H12BrNO3. The lowest BCUT2D eigenvalue weighted by atomic mass is 10.1. The van der Waals surface area contributed by atoms with Gasteiger partial charge in [0.15, 0.2) is 0 Å². The van der Waals surface area contributed by atoms with Gasteiger partial charge in [0.2, 0.25) is 0 Å². The minimum absolute atomic E-state index is 0.442. The highest BCUT2D eigenvalue weighted by Crippen LogP contribution is 2.34. The van der Waals surface area contributed by atoms with Crippen molar-refractivity contribution >= 4 is 32.8 Å². The van der Waals surface area contributed by atoms with E-state index < -0.39 is 11.9 Å². The summed E-state index contributed by atoms with van der Waals surface area (Å²) in [5.74, 6) is -0.488. The summed E-state index contributed by atoms with van der Waals surface area (Å²) in [5.41, 5.74) is 1.74. The molecule has 0 saturated heterocycles. The van der Waals surface area contributed by atoms with Gasteiger partial charge in [-0.15, -0.1) is 0 Å². The molecule has 0 saturated carbocycles. The molecule has 4 nitrogen and oxygen atoms in total. The highest BCUT2D eigenvalue weighted by Gasteiger charge is 2.19. The number of carboxylic acids is 1. The molecule has 3 aromatic rings. The molecule has 1 unspecified atom stereocenters. The third-order valence-corrected chi connectivity index (χ3v) is 4.05. The standard InChI is InChI=1S/C16H12BrNO3/c1-9(16(19)20)13-6-7-14(21-13)10-4-5-12(17)15-11(10)3-2-8-18-15/h2-9H,1H3,(H,19,20). The smallest absolute Gasteiger partial charge is 0.313 e. The molecule has 106 valence electrons. The van der Waals surface area contributed by atoms with Gasteiger partial charge in [0, 0.05) is 21.6 Å². The summed E-state index contributed by atoms with van der Waals surface area (Å²) in [5, 5.41) is 10.0. The van der Waals surface area contributed by atoms with E-state index in [0.717, 1.165) is 20.9 Å². The molecule has 1 aromatic carbocycles. The van der Waals surface area contributed by atoms with Crippen molar-refractivity contribution in [2.24, 2.45) is 0 Å². The van der Waals surface area contributed by atoms with Crippen molar-refractivity contribution in [2.75, 3.05) is 0 Å². The quantitative estimate of drug-likeness (QED) is 0.761. The van der Waals surface area contributed by atoms with Gasteiger partial charge in [-0.3, -0.25) is 9.78 Å². The Hall–Kier alpha value is -2.14. The number of carbonyl (C=O) groups is 1. The van der Waals surface area contributed by atoms with Crippen molar-refractivity contribution in [3.63, 3.8) is 0 Å². The lowest BCUT2D eigenvalue weighted by Gasteiger charge is -2.06. The maximum atomic E-state index is 11.0. The molecule has 0 aliphatic rings. The van der Waals surface area contributed by atoms with Crippen LogP contribution in [0.2, 0.25) is 0 Å². The van der Waals surface area contributed by atoms with Crippen LogP contribution in [0.25, 0.3) is 22.2 Å². The van der Waals surface area contributed by atoms with E-state index in [-0.39, 0.29) is 0 Å². The van der Waals surface area contributed by atoms with E-state index in [4.69, 9.17) is 9.52 Å². The van der Waals surface area contributed by atoms with Crippen molar-refractivity contribution in [1.29, 1.82) is 0 Å². The van der Waals surface area contributed by atoms with Crippen molar-refractivity contribution < 1.29 is 14.3 Å². The van der Waals surface area contributed by atoms with Gasteiger partial charge in [-0.1, -0.05) is 6.07 Å². The van der Waals surface area contributed by atoms with E-state index in [1.54, 1.807) is 25.3 Å². The summed E-state index contributed by atoms with van der Waals surface area (Å²) in [6.45, 7) is 1.60. The van der Waals surface area contributed by atoms with Crippen LogP contribution in [0.4, 0.5) is 0 Å². The second kappa shape index (κ2) is 5.33. The van der Waals surface area contributed by atoms with Gasteiger partial charge in [0.05, 0.1) is 5.52 Å². The summed E-state index contributed by atoms with van der Waals surface area (Å²) in [6, 6.07) is 11.2. The number of furan rings is 1. The topological polar surface area (TPSA) is 63.3 Å². The van der Waals surface area contributed by atoms with Gasteiger partial charge in [0.25, 0.3) is 0 Å². The van der Waals surface area contributed by atoms with Crippen LogP contribution in [0.15, 0.2) is 51.5 Å². The molecule has 1 N–H and O–H groups in total. The Morgan fingerprint density at radius 1 is 1.29 bits per heavy atom. The fourth-order valence-corrected chi connectivity index (χ4v) is 2.65. The summed E-state index contributed by atoms with van der Waals surface area (Å²) in [7, 11) is 0. The first-order valence-electron chi connectivity index (χ1n) is 6.44. The molecule has 5 heteroatoms. The molecule has 0 amide bonds. The van der Waals surface area contributed by atoms with Crippen molar-refractivity contribution in [3.8, 4) is 11.3 Å². The van der Waals surface area contributed by atoms with E-state index in [1.807, 2.05) is 24.3 Å². The normalized spacial score (nSPS) is 12.5. The predicted molar refractivity (Wildman–Crippen MR) is 83.2 cm³/mol. The number of nitrogens with zero attached hydrogens (tertiary/aromatic N) is 1. The molecule has 2 aromatic heterocycles. The van der Waals surface area contributed by atoms with Crippen molar-refractivity contribution in [3.05, 3.63) is 52.8 Å². The Morgan fingerprint density at radius 2 is 2.10 bits per heavy atom. The SMILES string of the molecule is CC(C(=O)O)c1ccc(-c2ccc(Br)c3ncccc23)o1. The Morgan fingerprint density at radius 3 is 2.86 bits per heavy atom. The number of pyridine rings is 1. The number of aliphatic carboxylic acids is 1. The highest BCUT2D eigenvalue weighted by molar-refractivity contribution is 9.10. The average Bonchev–Trinajstić information content (AvgIpc) is 2.96. The van der Waals surface area contributed by atoms with E-state index in [0.29, 0.717) is 11.5 Å². The van der Waals surface area contributed by atoms with Gasteiger partial charge >= 0.3 is 5.97 Å². The van der Waals surface area contributed by atoms with Crippen LogP contribution in [0.5, 0.6) is 0 Å². The summed E-state index contributed by atoms with van der Waals surface area (Å²) < 4.78 is 6.63. The third-order valence-electron chi connectivity index (χ3n) is 3.41. The van der Waals surface area contributed by atoms with E-state index in [1.165, 1.54) is 0 Å². The van der Waals surface area contributed by atoms with Crippen LogP contribution in [0.1, 0.15) is 18.6 Å². The lowest BCUT2D eigenvalue weighted by Crippen LogP contribution is -2.05. The van der Waals surface area contributed by atoms with Crippen LogP contribution in [-0.4, -0.2) is 16.1 Å². The van der Waals surface area contributed by atoms with E-state index in [9.17, 15) is 4.79 Å². The van der Waals surface area contributed by atoms with Gasteiger partial charge < -0.3 is 9.52 Å². The van der Waals surface area contributed by atoms with E-state index >= 15 is 0 Å². The first-order valence-corrected chi connectivity index (χ1v) is 7.23. The summed E-state index contributed by atoms with van der Waals surface area (Å²) in [6.07, 6.45) is 1.73. The van der Waals surface area contributed by atoms with Gasteiger partial charge in [-0.2, -0.15) is 0 Å². The molecule has 21 heavy (non-hydrogen) atoms. The van der Waals surface area contributed by atoms with Crippen LogP contribution in [0, 0.1) is 0 Å². The molecule has 0 spiro atoms. The zero-order valence-electron chi connectivity index (χ0n) is 11.2. The fourth-order valence-electron chi connectivity index (χ4n) is 2.21. The van der Waals surface area contributed by atoms with E-state index in [2.05, 4.69) is 20.9 Å². The summed E-state index contributed by atoms with van der Waals surface area (Å²) >= 11 is 3.48. The Kier molecular flexibility index (Phi) is 3.51. The largest absolute Gasteiger partial charge is 0.481 e. The number of benzene rings is 1. The molecule has 0 fully saturated rings. The second-order valence-electron chi connectivity index (χ2n) is 4.76. The second-order valence-corrected chi connectivity index (χ2v) is 5.61. The number of aromatic nitrogens is 1. The Balaban J connectivity index is 2.14. The Labute approximate surface area is 129 Å². The van der Waals surface area contributed by atoms with Crippen LogP contribution < -0.4 is 0 Å². The average molecular weight is 346 g/mol. The Bertz CT molecular complexity index is 825. The van der Waals surface area contributed by atoms with Crippen LogP contribution >= 0.6 is 15.9 Å². The number of fused-ring (bicyclic) bond motifs is 1. The maximum Gasteiger partial charge on any atom is 0.313 e. The summed E-state index contributed by atoms with van der Waals surface area (Å²) in [4.78, 5) is 15.4. The molecule has 0 radical (unpaired) electrons. The zero-order valence-corrected chi connectivity index (χ0v) is 12.8. The van der Waals surface area contributed by atoms with Crippen molar-refractivity contribution in [2.45, 2.75) is 12.8 Å². The van der Waals surface area contributed by atoms with Crippen LogP contribution in [0.3, 0.4) is 0 Å². The number of rotatable bonds is 3. The minimum Gasteiger partial charge on any atom is -0.481 e. The maximum absolute atomic E-state index is 11.0. The minimum atomic E-state index is -0.904. The zero-order chi connectivity index (χ0) is 15.0. The van der Waals surface area contributed by atoms with Crippen molar-refractivity contribution in [1.82, 2.24) is 4.98 Å². The molecule has 0 aliphatic heterocycles. The molecule has 1 atom stereocenters. The monoisotopic (exact) mass is 345 g/mol. The molecule has 0 aliphatic carbocycles. The first-order chi connectivity index (χ1) is 10.1. The molecular weight excluding hydrogens is 334 g/mol. The fraction of sp³-hybridized carbons (Fsp3) is 0.125. The highest BCUT2D eigenvalue weighted by atomic mass is 79.9. The van der Waals surface area contributed by atoms with Gasteiger partial charge in [0.1, 0.15) is 17.4 Å². The number of carboxylic acid groups (broad SMARTS) is 1. The molecule has 3 rings (SSSR count). The van der Waals surface area contributed by atoms with Gasteiger partial charge in [-0.25, -0.2) is 0 Å². The number of hydrogen-bond donors (Lipinski definition) is 1.